The van der Waals surface area contributed by atoms with Gasteiger partial charge in [0.1, 0.15) is 16.8 Å². The molecule has 1 aliphatic carbocycles. The molecule has 3 rings (SSSR count). The van der Waals surface area contributed by atoms with E-state index in [2.05, 4.69) is 0 Å². The number of rotatable bonds is 2. The molecule has 0 spiro atoms. The zero-order chi connectivity index (χ0) is 12.3. The molecule has 1 fully saturated rings. The summed E-state index contributed by atoms with van der Waals surface area (Å²) >= 11 is 0. The van der Waals surface area contributed by atoms with Gasteiger partial charge in [-0.2, -0.15) is 0 Å². The topological polar surface area (TPSA) is 39.2 Å². The summed E-state index contributed by atoms with van der Waals surface area (Å²) in [7, 11) is 0. The molecular formula is C13H13F2NO. The molecule has 0 radical (unpaired) electrons. The van der Waals surface area contributed by atoms with Crippen LogP contribution >= 0.6 is 0 Å². The highest BCUT2D eigenvalue weighted by Gasteiger charge is 2.73. The number of hydrogen-bond acceptors (Lipinski definition) is 2. The Morgan fingerprint density at radius 1 is 1.35 bits per heavy atom. The second kappa shape index (κ2) is 3.07. The van der Waals surface area contributed by atoms with Crippen LogP contribution in [0.15, 0.2) is 28.7 Å². The Balaban J connectivity index is 2.22. The van der Waals surface area contributed by atoms with E-state index in [1.54, 1.807) is 6.07 Å². The minimum absolute atomic E-state index is 0.0827. The first-order valence-corrected chi connectivity index (χ1v) is 5.58. The van der Waals surface area contributed by atoms with Gasteiger partial charge >= 0.3 is 0 Å². The van der Waals surface area contributed by atoms with Crippen molar-refractivity contribution in [2.45, 2.75) is 24.7 Å². The second-order valence-electron chi connectivity index (χ2n) is 4.72. The highest BCUT2D eigenvalue weighted by atomic mass is 19.3. The van der Waals surface area contributed by atoms with Crippen molar-refractivity contribution >= 4 is 11.0 Å². The van der Waals surface area contributed by atoms with E-state index in [4.69, 9.17) is 10.2 Å². The first-order valence-electron chi connectivity index (χ1n) is 5.58. The fourth-order valence-corrected chi connectivity index (χ4v) is 2.53. The number of aryl methyl sites for hydroxylation is 1. The third-order valence-corrected chi connectivity index (χ3v) is 3.73. The van der Waals surface area contributed by atoms with Crippen molar-refractivity contribution in [2.24, 2.45) is 5.73 Å². The van der Waals surface area contributed by atoms with Crippen LogP contribution in [0, 0.1) is 6.92 Å². The highest BCUT2D eigenvalue weighted by molar-refractivity contribution is 5.82. The van der Waals surface area contributed by atoms with Gasteiger partial charge < -0.3 is 10.2 Å². The van der Waals surface area contributed by atoms with Gasteiger partial charge in [-0.05, 0) is 18.6 Å². The Morgan fingerprint density at radius 3 is 2.53 bits per heavy atom. The lowest BCUT2D eigenvalue weighted by atomic mass is 9.98. The minimum Gasteiger partial charge on any atom is -0.460 e. The van der Waals surface area contributed by atoms with E-state index >= 15 is 0 Å². The van der Waals surface area contributed by atoms with Crippen molar-refractivity contribution in [3.05, 3.63) is 35.6 Å². The van der Waals surface area contributed by atoms with Gasteiger partial charge in [-0.3, -0.25) is 0 Å². The Kier molecular flexibility index (Phi) is 1.94. The van der Waals surface area contributed by atoms with Crippen LogP contribution in [-0.2, 0) is 5.41 Å². The van der Waals surface area contributed by atoms with Gasteiger partial charge in [0.05, 0.1) is 0 Å². The Labute approximate surface area is 97.4 Å². The summed E-state index contributed by atoms with van der Waals surface area (Å²) in [6, 6.07) is 7.36. The number of fused-ring (bicyclic) bond motifs is 1. The van der Waals surface area contributed by atoms with Gasteiger partial charge in [-0.15, -0.1) is 0 Å². The maximum atomic E-state index is 13.5. The molecule has 0 bridgehead atoms. The van der Waals surface area contributed by atoms with Crippen molar-refractivity contribution < 1.29 is 13.2 Å². The van der Waals surface area contributed by atoms with Crippen molar-refractivity contribution in [1.29, 1.82) is 0 Å². The molecule has 1 unspecified atom stereocenters. The third-order valence-electron chi connectivity index (χ3n) is 3.73. The normalized spacial score (nSPS) is 26.4. The van der Waals surface area contributed by atoms with Crippen molar-refractivity contribution in [3.63, 3.8) is 0 Å². The fourth-order valence-electron chi connectivity index (χ4n) is 2.53. The molecule has 2 nitrogen and oxygen atoms in total. The summed E-state index contributed by atoms with van der Waals surface area (Å²) in [4.78, 5) is 0. The van der Waals surface area contributed by atoms with Crippen LogP contribution in [-0.4, -0.2) is 12.5 Å². The molecule has 1 atom stereocenters. The fraction of sp³-hybridized carbons (Fsp3) is 0.385. The summed E-state index contributed by atoms with van der Waals surface area (Å²) < 4.78 is 32.6. The standard InChI is InChI=1S/C13H13F2NO/c1-8-9-4-2-3-5-10(9)17-11(8)12(7-16)6-13(12,14)15/h2-5H,6-7,16H2,1H3. The summed E-state index contributed by atoms with van der Waals surface area (Å²) in [5.41, 5.74) is 5.67. The van der Waals surface area contributed by atoms with E-state index in [9.17, 15) is 8.78 Å². The molecular weight excluding hydrogens is 224 g/mol. The zero-order valence-electron chi connectivity index (χ0n) is 9.47. The van der Waals surface area contributed by atoms with Crippen LogP contribution in [0.5, 0.6) is 0 Å². The van der Waals surface area contributed by atoms with Gasteiger partial charge in [-0.1, -0.05) is 18.2 Å². The molecule has 0 saturated heterocycles. The predicted molar refractivity (Wildman–Crippen MR) is 61.2 cm³/mol. The average Bonchev–Trinajstić information content (AvgIpc) is 2.72. The number of para-hydroxylation sites is 1. The van der Waals surface area contributed by atoms with E-state index in [0.717, 1.165) is 10.9 Å². The lowest BCUT2D eigenvalue weighted by Crippen LogP contribution is -2.26. The van der Waals surface area contributed by atoms with Crippen LogP contribution < -0.4 is 5.73 Å². The quantitative estimate of drug-likeness (QED) is 0.872. The molecule has 1 heterocycles. The number of halogens is 2. The van der Waals surface area contributed by atoms with Crippen LogP contribution in [0.4, 0.5) is 8.78 Å². The summed E-state index contributed by atoms with van der Waals surface area (Å²) in [6.07, 6.45) is -0.211. The Bertz CT molecular complexity index is 590. The summed E-state index contributed by atoms with van der Waals surface area (Å²) in [5.74, 6) is -2.38. The lowest BCUT2D eigenvalue weighted by molar-refractivity contribution is 0.0842. The molecule has 0 aliphatic heterocycles. The summed E-state index contributed by atoms with van der Waals surface area (Å²) in [6.45, 7) is 1.73. The largest absolute Gasteiger partial charge is 0.460 e. The van der Waals surface area contributed by atoms with Gasteiger partial charge in [0, 0.05) is 18.4 Å². The molecule has 1 aliphatic rings. The maximum Gasteiger partial charge on any atom is 0.263 e. The molecule has 2 N–H and O–H groups in total. The van der Waals surface area contributed by atoms with E-state index in [0.29, 0.717) is 11.3 Å². The Morgan fingerprint density at radius 2 is 2.00 bits per heavy atom. The van der Waals surface area contributed by atoms with Crippen molar-refractivity contribution in [1.82, 2.24) is 0 Å². The molecule has 4 heteroatoms. The van der Waals surface area contributed by atoms with Crippen molar-refractivity contribution in [3.8, 4) is 0 Å². The third kappa shape index (κ3) is 1.21. The SMILES string of the molecule is Cc1c(C2(CN)CC2(F)F)oc2ccccc12. The van der Waals surface area contributed by atoms with Gasteiger partial charge in [0.15, 0.2) is 0 Å². The van der Waals surface area contributed by atoms with E-state index < -0.39 is 11.3 Å². The maximum absolute atomic E-state index is 13.5. The smallest absolute Gasteiger partial charge is 0.263 e. The van der Waals surface area contributed by atoms with Gasteiger partial charge in [0.25, 0.3) is 5.92 Å². The molecule has 90 valence electrons. The molecule has 17 heavy (non-hydrogen) atoms. The molecule has 0 amide bonds. The first-order chi connectivity index (χ1) is 8.02. The zero-order valence-corrected chi connectivity index (χ0v) is 9.47. The molecule has 2 aromatic rings. The number of hydrogen-bond donors (Lipinski definition) is 1. The average molecular weight is 237 g/mol. The number of nitrogens with two attached hydrogens (primary N) is 1. The number of alkyl halides is 2. The number of benzene rings is 1. The van der Waals surface area contributed by atoms with Crippen LogP contribution in [0.2, 0.25) is 0 Å². The van der Waals surface area contributed by atoms with E-state index in [1.165, 1.54) is 0 Å². The predicted octanol–water partition coefficient (Wildman–Crippen LogP) is 2.98. The van der Waals surface area contributed by atoms with Crippen LogP contribution in [0.25, 0.3) is 11.0 Å². The van der Waals surface area contributed by atoms with E-state index in [1.807, 2.05) is 25.1 Å². The Hall–Kier alpha value is -1.42. The highest BCUT2D eigenvalue weighted by Crippen LogP contribution is 2.62. The lowest BCUT2D eigenvalue weighted by Gasteiger charge is -2.11. The first kappa shape index (κ1) is 10.7. The van der Waals surface area contributed by atoms with E-state index in [-0.39, 0.29) is 13.0 Å². The number of furan rings is 1. The van der Waals surface area contributed by atoms with Gasteiger partial charge in [0.2, 0.25) is 0 Å². The van der Waals surface area contributed by atoms with Gasteiger partial charge in [-0.25, -0.2) is 8.78 Å². The van der Waals surface area contributed by atoms with Crippen LogP contribution in [0.1, 0.15) is 17.7 Å². The molecule has 1 aromatic carbocycles. The monoisotopic (exact) mass is 237 g/mol. The second-order valence-corrected chi connectivity index (χ2v) is 4.72. The molecule has 1 aromatic heterocycles. The van der Waals surface area contributed by atoms with Crippen LogP contribution in [0.3, 0.4) is 0 Å². The van der Waals surface area contributed by atoms with Crippen molar-refractivity contribution in [2.75, 3.05) is 6.54 Å². The minimum atomic E-state index is -2.74. The molecule has 1 saturated carbocycles. The summed E-state index contributed by atoms with van der Waals surface area (Å²) in [5, 5.41) is 0.887.